The van der Waals surface area contributed by atoms with Crippen LogP contribution in [0.5, 0.6) is 11.5 Å². The Morgan fingerprint density at radius 3 is 2.70 bits per heavy atom. The third-order valence-electron chi connectivity index (χ3n) is 6.65. The second kappa shape index (κ2) is 11.9. The smallest absolute Gasteiger partial charge is 0.282 e. The number of rotatable bonds is 7. The number of aromatic nitrogens is 2. The van der Waals surface area contributed by atoms with Gasteiger partial charge in [0.05, 0.1) is 35.9 Å². The fraction of sp³-hybridized carbons (Fsp3) is 0.0625. The molecule has 0 amide bonds. The number of halogens is 3. The van der Waals surface area contributed by atoms with Crippen LogP contribution < -0.4 is 15.0 Å². The highest BCUT2D eigenvalue weighted by Gasteiger charge is 2.20. The molecule has 6 aromatic rings. The van der Waals surface area contributed by atoms with Crippen molar-refractivity contribution >= 4 is 67.2 Å². The Hall–Kier alpha value is -4.62. The van der Waals surface area contributed by atoms with E-state index in [1.165, 1.54) is 18.0 Å². The Bertz CT molecular complexity index is 2170. The molecule has 0 fully saturated rings. The normalized spacial score (nSPS) is 11.3. The minimum Gasteiger partial charge on any atom is -0.493 e. The van der Waals surface area contributed by atoms with Gasteiger partial charge in [-0.15, -0.1) is 0 Å². The highest BCUT2D eigenvalue weighted by atomic mass is 79.9. The van der Waals surface area contributed by atoms with Gasteiger partial charge in [0.15, 0.2) is 17.3 Å². The zero-order valence-electron chi connectivity index (χ0n) is 22.3. The Morgan fingerprint density at radius 1 is 1.09 bits per heavy atom. The lowest BCUT2D eigenvalue weighted by Crippen LogP contribution is -2.20. The first kappa shape index (κ1) is 28.5. The molecular weight excluding hydrogens is 655 g/mol. The van der Waals surface area contributed by atoms with Gasteiger partial charge in [-0.25, -0.2) is 4.98 Å². The molecule has 8 nitrogen and oxygen atoms in total. The van der Waals surface area contributed by atoms with Crippen molar-refractivity contribution < 1.29 is 13.9 Å². The molecule has 0 N–H and O–H groups in total. The summed E-state index contributed by atoms with van der Waals surface area (Å²) in [7, 11) is 1.49. The van der Waals surface area contributed by atoms with E-state index in [1.54, 1.807) is 72.8 Å². The van der Waals surface area contributed by atoms with E-state index in [0.29, 0.717) is 54.2 Å². The average Bonchev–Trinajstić information content (AvgIpc) is 3.45. The quantitative estimate of drug-likeness (QED) is 0.158. The standard InChI is InChI=1S/C32H19BrCl2N4O4/c1-41-26-14-21(28(33)29(35)30(26)42-17-19-7-3-2-6-18(19)15-36)16-37-39-31(38-24-9-5-4-8-23(24)32(39)40)27-13-20-12-22(34)10-11-25(20)43-27/h2-14,16H,17H2,1H3. The molecule has 0 unspecified atom stereocenters. The molecule has 212 valence electrons. The number of ether oxygens (including phenoxy) is 2. The van der Waals surface area contributed by atoms with Crippen LogP contribution in [-0.4, -0.2) is 23.0 Å². The predicted molar refractivity (Wildman–Crippen MR) is 170 cm³/mol. The summed E-state index contributed by atoms with van der Waals surface area (Å²) in [5, 5.41) is 15.9. The number of hydrogen-bond acceptors (Lipinski definition) is 7. The van der Waals surface area contributed by atoms with Crippen LogP contribution in [0.3, 0.4) is 0 Å². The first-order valence-electron chi connectivity index (χ1n) is 12.8. The van der Waals surface area contributed by atoms with Crippen molar-refractivity contribution in [3.05, 3.63) is 120 Å². The Labute approximate surface area is 263 Å². The van der Waals surface area contributed by atoms with Crippen LogP contribution in [0.2, 0.25) is 10.0 Å². The molecule has 11 heteroatoms. The van der Waals surface area contributed by atoms with Crippen LogP contribution in [-0.2, 0) is 6.61 Å². The van der Waals surface area contributed by atoms with E-state index in [-0.39, 0.29) is 28.8 Å². The highest BCUT2D eigenvalue weighted by Crippen LogP contribution is 2.42. The van der Waals surface area contributed by atoms with Crippen LogP contribution in [0.4, 0.5) is 0 Å². The zero-order valence-corrected chi connectivity index (χ0v) is 25.4. The molecule has 0 saturated carbocycles. The molecule has 6 rings (SSSR count). The maximum absolute atomic E-state index is 13.7. The molecule has 43 heavy (non-hydrogen) atoms. The van der Waals surface area contributed by atoms with Crippen LogP contribution in [0.25, 0.3) is 33.5 Å². The Kier molecular flexibility index (Phi) is 7.91. The first-order chi connectivity index (χ1) is 20.9. The number of fused-ring (bicyclic) bond motifs is 2. The molecule has 0 saturated heterocycles. The van der Waals surface area contributed by atoms with E-state index < -0.39 is 0 Å². The lowest BCUT2D eigenvalue weighted by atomic mass is 10.1. The number of methoxy groups -OCH3 is 1. The zero-order chi connectivity index (χ0) is 30.1. The minimum atomic E-state index is -0.388. The van der Waals surface area contributed by atoms with Gasteiger partial charge in [-0.3, -0.25) is 4.79 Å². The third kappa shape index (κ3) is 5.48. The van der Waals surface area contributed by atoms with Crippen molar-refractivity contribution in [1.29, 1.82) is 5.26 Å². The number of furan rings is 1. The van der Waals surface area contributed by atoms with E-state index in [2.05, 4.69) is 27.1 Å². The molecule has 4 aromatic carbocycles. The summed E-state index contributed by atoms with van der Waals surface area (Å²) < 4.78 is 19.3. The minimum absolute atomic E-state index is 0.101. The van der Waals surface area contributed by atoms with E-state index in [9.17, 15) is 10.1 Å². The van der Waals surface area contributed by atoms with Crippen LogP contribution in [0.15, 0.2) is 97.6 Å². The summed E-state index contributed by atoms with van der Waals surface area (Å²) in [5.74, 6) is 1.17. The third-order valence-corrected chi connectivity index (χ3v) is 8.33. The monoisotopic (exact) mass is 672 g/mol. The van der Waals surface area contributed by atoms with Gasteiger partial charge in [-0.1, -0.05) is 53.5 Å². The lowest BCUT2D eigenvalue weighted by Gasteiger charge is -2.15. The number of hydrogen-bond donors (Lipinski definition) is 0. The summed E-state index contributed by atoms with van der Waals surface area (Å²) in [4.78, 5) is 18.4. The van der Waals surface area contributed by atoms with Gasteiger partial charge in [0.25, 0.3) is 5.56 Å². The molecule has 0 radical (unpaired) electrons. The van der Waals surface area contributed by atoms with Gasteiger partial charge in [0.2, 0.25) is 5.82 Å². The maximum atomic E-state index is 13.7. The van der Waals surface area contributed by atoms with Gasteiger partial charge in [0.1, 0.15) is 17.2 Å². The number of nitriles is 1. The Balaban J connectivity index is 1.43. The van der Waals surface area contributed by atoms with Crippen molar-refractivity contribution in [3.63, 3.8) is 0 Å². The molecular formula is C32H19BrCl2N4O4. The summed E-state index contributed by atoms with van der Waals surface area (Å²) in [5.41, 5.74) is 2.41. The van der Waals surface area contributed by atoms with Gasteiger partial charge >= 0.3 is 0 Å². The topological polar surface area (TPSA) is 103 Å². The van der Waals surface area contributed by atoms with Crippen molar-refractivity contribution in [2.45, 2.75) is 6.61 Å². The van der Waals surface area contributed by atoms with Crippen LogP contribution in [0, 0.1) is 11.3 Å². The fourth-order valence-corrected chi connectivity index (χ4v) is 5.36. The largest absolute Gasteiger partial charge is 0.493 e. The number of benzene rings is 4. The lowest BCUT2D eigenvalue weighted by molar-refractivity contribution is 0.284. The number of para-hydroxylation sites is 1. The summed E-state index contributed by atoms with van der Waals surface area (Å²) in [6.07, 6.45) is 1.47. The summed E-state index contributed by atoms with van der Waals surface area (Å²) >= 11 is 16.4. The Morgan fingerprint density at radius 2 is 1.88 bits per heavy atom. The highest BCUT2D eigenvalue weighted by molar-refractivity contribution is 9.10. The molecule has 0 bridgehead atoms. The SMILES string of the molecule is COc1cc(C=Nn2c(-c3cc4cc(Cl)ccc4o3)nc3ccccc3c2=O)c(Br)c(Cl)c1OCc1ccccc1C#N. The molecule has 2 aromatic heterocycles. The van der Waals surface area contributed by atoms with Crippen molar-refractivity contribution in [3.8, 4) is 29.2 Å². The van der Waals surface area contributed by atoms with Crippen LogP contribution >= 0.6 is 39.1 Å². The van der Waals surface area contributed by atoms with E-state index in [1.807, 2.05) is 6.07 Å². The molecule has 2 heterocycles. The van der Waals surface area contributed by atoms with Gasteiger partial charge in [0, 0.05) is 26.0 Å². The van der Waals surface area contributed by atoms with Crippen LogP contribution in [0.1, 0.15) is 16.7 Å². The van der Waals surface area contributed by atoms with Gasteiger partial charge in [-0.05, 0) is 64.5 Å². The van der Waals surface area contributed by atoms with Crippen molar-refractivity contribution in [1.82, 2.24) is 9.66 Å². The van der Waals surface area contributed by atoms with E-state index >= 15 is 0 Å². The fourth-order valence-electron chi connectivity index (χ4n) is 4.52. The van der Waals surface area contributed by atoms with Crippen molar-refractivity contribution in [2.75, 3.05) is 7.11 Å². The maximum Gasteiger partial charge on any atom is 0.282 e. The van der Waals surface area contributed by atoms with Gasteiger partial charge in [-0.2, -0.15) is 15.0 Å². The summed E-state index contributed by atoms with van der Waals surface area (Å²) in [6, 6.07) is 25.0. The summed E-state index contributed by atoms with van der Waals surface area (Å²) in [6.45, 7) is 0.101. The molecule has 0 atom stereocenters. The van der Waals surface area contributed by atoms with E-state index in [4.69, 9.17) is 42.1 Å². The van der Waals surface area contributed by atoms with Gasteiger partial charge < -0.3 is 13.9 Å². The second-order valence-electron chi connectivity index (χ2n) is 9.29. The predicted octanol–water partition coefficient (Wildman–Crippen LogP) is 8.22. The number of nitrogens with zero attached hydrogens (tertiary/aromatic N) is 4. The molecule has 0 aliphatic carbocycles. The average molecular weight is 674 g/mol. The van der Waals surface area contributed by atoms with E-state index in [0.717, 1.165) is 5.39 Å². The van der Waals surface area contributed by atoms with Crippen molar-refractivity contribution in [2.24, 2.45) is 5.10 Å². The second-order valence-corrected chi connectivity index (χ2v) is 10.9. The molecule has 0 aliphatic rings. The molecule has 0 spiro atoms. The first-order valence-corrected chi connectivity index (χ1v) is 14.3. The molecule has 0 aliphatic heterocycles.